The van der Waals surface area contributed by atoms with Crippen molar-refractivity contribution >= 4 is 28.1 Å². The van der Waals surface area contributed by atoms with Gasteiger partial charge in [0.15, 0.2) is 5.75 Å². The molecule has 1 aromatic heterocycles. The third-order valence-corrected chi connectivity index (χ3v) is 3.60. The Kier molecular flexibility index (Phi) is 3.20. The van der Waals surface area contributed by atoms with Crippen molar-refractivity contribution in [3.8, 4) is 11.5 Å². The van der Waals surface area contributed by atoms with Crippen LogP contribution in [0.4, 0.5) is 5.69 Å². The number of rotatable bonds is 2. The van der Waals surface area contributed by atoms with Crippen molar-refractivity contribution < 1.29 is 4.74 Å². The van der Waals surface area contributed by atoms with Crippen molar-refractivity contribution in [2.24, 2.45) is 0 Å². The summed E-state index contributed by atoms with van der Waals surface area (Å²) in [5.74, 6) is 1.34. The molecule has 0 saturated carbocycles. The average Bonchev–Trinajstić information content (AvgIpc) is 2.46. The van der Waals surface area contributed by atoms with E-state index in [2.05, 4.69) is 4.98 Å². The molecule has 3 aromatic rings. The van der Waals surface area contributed by atoms with E-state index in [0.29, 0.717) is 17.2 Å². The first-order valence-electron chi connectivity index (χ1n) is 6.21. The van der Waals surface area contributed by atoms with Crippen molar-refractivity contribution in [1.82, 2.24) is 4.98 Å². The zero-order valence-corrected chi connectivity index (χ0v) is 11.7. The van der Waals surface area contributed by atoms with Crippen LogP contribution in [-0.2, 0) is 0 Å². The maximum atomic E-state index is 6.16. The van der Waals surface area contributed by atoms with Gasteiger partial charge in [-0.05, 0) is 48.9 Å². The van der Waals surface area contributed by atoms with Gasteiger partial charge in [-0.2, -0.15) is 0 Å². The number of benzene rings is 2. The summed E-state index contributed by atoms with van der Waals surface area (Å²) in [5.41, 5.74) is 7.73. The predicted octanol–water partition coefficient (Wildman–Crippen LogP) is 4.57. The molecule has 0 bridgehead atoms. The topological polar surface area (TPSA) is 48.1 Å². The molecule has 20 heavy (non-hydrogen) atoms. The number of ether oxygens (including phenoxy) is 1. The fourth-order valence-electron chi connectivity index (χ4n) is 2.07. The Bertz CT molecular complexity index is 787. The lowest BCUT2D eigenvalue weighted by Crippen LogP contribution is -1.94. The number of halogens is 1. The van der Waals surface area contributed by atoms with E-state index in [1.165, 1.54) is 0 Å². The van der Waals surface area contributed by atoms with E-state index in [-0.39, 0.29) is 0 Å². The predicted molar refractivity (Wildman–Crippen MR) is 82.4 cm³/mol. The fourth-order valence-corrected chi connectivity index (χ4v) is 2.19. The summed E-state index contributed by atoms with van der Waals surface area (Å²) in [7, 11) is 0. The van der Waals surface area contributed by atoms with Gasteiger partial charge in [0.2, 0.25) is 0 Å². The molecule has 3 nitrogen and oxygen atoms in total. The van der Waals surface area contributed by atoms with Crippen LogP contribution in [0.5, 0.6) is 11.5 Å². The lowest BCUT2D eigenvalue weighted by Gasteiger charge is -2.11. The Morgan fingerprint density at radius 1 is 1.15 bits per heavy atom. The molecular weight excluding hydrogens is 272 g/mol. The molecule has 0 unspecified atom stereocenters. The molecule has 4 heteroatoms. The highest BCUT2D eigenvalue weighted by molar-refractivity contribution is 6.31. The van der Waals surface area contributed by atoms with Crippen molar-refractivity contribution in [1.29, 1.82) is 0 Å². The zero-order chi connectivity index (χ0) is 14.1. The van der Waals surface area contributed by atoms with Gasteiger partial charge in [-0.1, -0.05) is 11.6 Å². The van der Waals surface area contributed by atoms with Gasteiger partial charge in [0.05, 0.1) is 5.69 Å². The lowest BCUT2D eigenvalue weighted by molar-refractivity contribution is 0.485. The quantitative estimate of drug-likeness (QED) is 0.701. The van der Waals surface area contributed by atoms with E-state index < -0.39 is 0 Å². The molecule has 0 radical (unpaired) electrons. The minimum Gasteiger partial charge on any atom is -0.455 e. The van der Waals surface area contributed by atoms with E-state index >= 15 is 0 Å². The second kappa shape index (κ2) is 5.02. The van der Waals surface area contributed by atoms with Crippen molar-refractivity contribution in [2.45, 2.75) is 6.92 Å². The zero-order valence-electron chi connectivity index (χ0n) is 10.9. The van der Waals surface area contributed by atoms with E-state index in [0.717, 1.165) is 21.4 Å². The second-order valence-corrected chi connectivity index (χ2v) is 4.99. The van der Waals surface area contributed by atoms with Crippen LogP contribution in [0, 0.1) is 6.92 Å². The van der Waals surface area contributed by atoms with Crippen LogP contribution >= 0.6 is 11.6 Å². The Balaban J connectivity index is 2.02. The van der Waals surface area contributed by atoms with Crippen LogP contribution in [0.25, 0.3) is 10.8 Å². The Hall–Kier alpha value is -2.26. The molecule has 0 aliphatic carbocycles. The third kappa shape index (κ3) is 2.28. The highest BCUT2D eigenvalue weighted by atomic mass is 35.5. The van der Waals surface area contributed by atoms with Crippen molar-refractivity contribution in [3.05, 3.63) is 59.4 Å². The van der Waals surface area contributed by atoms with Crippen molar-refractivity contribution in [2.75, 3.05) is 5.73 Å². The Morgan fingerprint density at radius 2 is 2.00 bits per heavy atom. The number of aromatic nitrogens is 1. The summed E-state index contributed by atoms with van der Waals surface area (Å²) in [6.07, 6.45) is 3.50. The van der Waals surface area contributed by atoms with E-state index in [1.807, 2.05) is 43.3 Å². The summed E-state index contributed by atoms with van der Waals surface area (Å²) >= 11 is 6.01. The summed E-state index contributed by atoms with van der Waals surface area (Å²) in [6, 6.07) is 11.2. The number of nitrogens with two attached hydrogens (primary N) is 1. The molecule has 100 valence electrons. The summed E-state index contributed by atoms with van der Waals surface area (Å²) in [4.78, 5) is 4.08. The van der Waals surface area contributed by atoms with Gasteiger partial charge in [0.1, 0.15) is 5.75 Å². The smallest absolute Gasteiger partial charge is 0.150 e. The van der Waals surface area contributed by atoms with Gasteiger partial charge in [0.25, 0.3) is 0 Å². The first-order valence-corrected chi connectivity index (χ1v) is 6.59. The second-order valence-electron chi connectivity index (χ2n) is 4.59. The first kappa shape index (κ1) is 12.8. The molecule has 0 aliphatic rings. The van der Waals surface area contributed by atoms with Gasteiger partial charge < -0.3 is 10.5 Å². The number of fused-ring (bicyclic) bond motifs is 1. The highest BCUT2D eigenvalue weighted by Gasteiger charge is 2.07. The lowest BCUT2D eigenvalue weighted by atomic mass is 10.1. The maximum Gasteiger partial charge on any atom is 0.150 e. The number of nitrogen functional groups attached to an aromatic ring is 1. The monoisotopic (exact) mass is 284 g/mol. The molecule has 0 saturated heterocycles. The van der Waals surface area contributed by atoms with E-state index in [1.54, 1.807) is 12.4 Å². The molecule has 2 N–H and O–H groups in total. The molecule has 3 rings (SSSR count). The standard InChI is InChI=1S/C16H13ClN2O/c1-10-8-12(3-4-14(10)17)20-15-5-2-11-9-19-7-6-13(11)16(15)18/h2-9H,18H2,1H3. The molecule has 0 spiro atoms. The molecule has 0 amide bonds. The molecule has 1 heterocycles. The number of nitrogens with zero attached hydrogens (tertiary/aromatic N) is 1. The van der Waals surface area contributed by atoms with Crippen LogP contribution in [0.3, 0.4) is 0 Å². The average molecular weight is 285 g/mol. The van der Waals surface area contributed by atoms with Crippen LogP contribution in [0.2, 0.25) is 5.02 Å². The van der Waals surface area contributed by atoms with E-state index in [4.69, 9.17) is 22.1 Å². The maximum absolute atomic E-state index is 6.16. The van der Waals surface area contributed by atoms with Crippen molar-refractivity contribution in [3.63, 3.8) is 0 Å². The van der Waals surface area contributed by atoms with Gasteiger partial charge in [-0.25, -0.2) is 0 Å². The molecule has 0 fully saturated rings. The van der Waals surface area contributed by atoms with Crippen LogP contribution in [0.15, 0.2) is 48.8 Å². The molecule has 0 atom stereocenters. The van der Waals surface area contributed by atoms with Crippen LogP contribution < -0.4 is 10.5 Å². The minimum absolute atomic E-state index is 0.609. The summed E-state index contributed by atoms with van der Waals surface area (Å²) in [5, 5.41) is 2.64. The number of hydrogen-bond donors (Lipinski definition) is 1. The third-order valence-electron chi connectivity index (χ3n) is 3.18. The molecule has 2 aromatic carbocycles. The van der Waals surface area contributed by atoms with Crippen LogP contribution in [-0.4, -0.2) is 4.98 Å². The number of pyridine rings is 1. The first-order chi connectivity index (χ1) is 9.65. The van der Waals surface area contributed by atoms with Gasteiger partial charge in [0, 0.05) is 28.2 Å². The number of hydrogen-bond acceptors (Lipinski definition) is 3. The fraction of sp³-hybridized carbons (Fsp3) is 0.0625. The van der Waals surface area contributed by atoms with Crippen LogP contribution in [0.1, 0.15) is 5.56 Å². The highest BCUT2D eigenvalue weighted by Crippen LogP contribution is 2.34. The van der Waals surface area contributed by atoms with E-state index in [9.17, 15) is 0 Å². The Labute approximate surface area is 122 Å². The SMILES string of the molecule is Cc1cc(Oc2ccc3cnccc3c2N)ccc1Cl. The normalized spacial score (nSPS) is 10.7. The Morgan fingerprint density at radius 3 is 2.80 bits per heavy atom. The summed E-state index contributed by atoms with van der Waals surface area (Å²) in [6.45, 7) is 1.94. The van der Waals surface area contributed by atoms with Gasteiger partial charge in [-0.3, -0.25) is 4.98 Å². The number of anilines is 1. The van der Waals surface area contributed by atoms with Gasteiger partial charge in [-0.15, -0.1) is 0 Å². The van der Waals surface area contributed by atoms with Gasteiger partial charge >= 0.3 is 0 Å². The minimum atomic E-state index is 0.609. The molecule has 0 aliphatic heterocycles. The largest absolute Gasteiger partial charge is 0.455 e. The number of aryl methyl sites for hydroxylation is 1. The summed E-state index contributed by atoms with van der Waals surface area (Å²) < 4.78 is 5.85. The molecular formula is C16H13ClN2O.